The maximum absolute atomic E-state index is 13.3. The molecule has 1 atom stereocenters. The van der Waals surface area contributed by atoms with Crippen LogP contribution in [-0.2, 0) is 4.79 Å². The van der Waals surface area contributed by atoms with Crippen LogP contribution in [0.5, 0.6) is 0 Å². The van der Waals surface area contributed by atoms with E-state index < -0.39 is 11.7 Å². The van der Waals surface area contributed by atoms with Gasteiger partial charge in [-0.1, -0.05) is 31.3 Å². The molecule has 0 bridgehead atoms. The zero-order valence-electron chi connectivity index (χ0n) is 15.4. The van der Waals surface area contributed by atoms with E-state index in [1.165, 1.54) is 29.5 Å². The van der Waals surface area contributed by atoms with E-state index >= 15 is 0 Å². The zero-order valence-corrected chi connectivity index (χ0v) is 16.3. The molecule has 2 aromatic rings. The fourth-order valence-electron chi connectivity index (χ4n) is 3.37. The number of benzene rings is 1. The summed E-state index contributed by atoms with van der Waals surface area (Å²) < 4.78 is 13.3. The summed E-state index contributed by atoms with van der Waals surface area (Å²) in [5, 5.41) is 11.6. The largest absolute Gasteiger partial charge is 0.333 e. The van der Waals surface area contributed by atoms with Gasteiger partial charge in [0.05, 0.1) is 6.04 Å². The Morgan fingerprint density at radius 3 is 2.81 bits per heavy atom. The molecule has 1 N–H and O–H groups in total. The predicted octanol–water partition coefficient (Wildman–Crippen LogP) is 4.03. The van der Waals surface area contributed by atoms with Gasteiger partial charge in [0.15, 0.2) is 0 Å². The average Bonchev–Trinajstić information content (AvgIpc) is 3.32. The minimum Gasteiger partial charge on any atom is -0.333 e. The highest BCUT2D eigenvalue weighted by Gasteiger charge is 2.35. The molecule has 0 radical (unpaired) electrons. The molecule has 144 valence electrons. The number of likely N-dealkylation sites (tertiary alicyclic amines) is 1. The van der Waals surface area contributed by atoms with Crippen molar-refractivity contribution in [1.29, 1.82) is 0 Å². The molecule has 6 nitrogen and oxygen atoms in total. The van der Waals surface area contributed by atoms with Crippen molar-refractivity contribution in [2.75, 3.05) is 11.9 Å². The lowest BCUT2D eigenvalue weighted by Gasteiger charge is -2.26. The lowest BCUT2D eigenvalue weighted by molar-refractivity contribution is -0.136. The maximum atomic E-state index is 13.3. The Kier molecular flexibility index (Phi) is 6.15. The standard InChI is InChI=1S/C19H23FN4O2S/c1-3-12(4-2)19(26)24-10-6-9-15(24)17-22-23-18(27-17)16(25)21-14-8-5-7-13(20)11-14/h5,7-8,11-12,15H,3-4,6,9-10H2,1-2H3,(H,21,25)/t15-/m1/s1. The van der Waals surface area contributed by atoms with Crippen molar-refractivity contribution in [1.82, 2.24) is 15.1 Å². The number of carbonyl (C=O) groups is 2. The van der Waals surface area contributed by atoms with Gasteiger partial charge in [0.1, 0.15) is 10.8 Å². The van der Waals surface area contributed by atoms with Crippen LogP contribution in [0.15, 0.2) is 24.3 Å². The van der Waals surface area contributed by atoms with E-state index in [-0.39, 0.29) is 22.9 Å². The van der Waals surface area contributed by atoms with Crippen LogP contribution in [0.3, 0.4) is 0 Å². The third kappa shape index (κ3) is 4.32. The first-order valence-electron chi connectivity index (χ1n) is 9.24. The molecule has 0 saturated carbocycles. The smallest absolute Gasteiger partial charge is 0.286 e. The van der Waals surface area contributed by atoms with E-state index in [0.29, 0.717) is 17.2 Å². The summed E-state index contributed by atoms with van der Waals surface area (Å²) in [7, 11) is 0. The lowest BCUT2D eigenvalue weighted by atomic mass is 10.0. The molecular formula is C19H23FN4O2S. The van der Waals surface area contributed by atoms with Crippen molar-refractivity contribution in [3.05, 3.63) is 40.1 Å². The van der Waals surface area contributed by atoms with Gasteiger partial charge in [-0.2, -0.15) is 0 Å². The topological polar surface area (TPSA) is 75.2 Å². The fourth-order valence-corrected chi connectivity index (χ4v) is 4.26. The lowest BCUT2D eigenvalue weighted by Crippen LogP contribution is -2.35. The normalized spacial score (nSPS) is 16.7. The number of nitrogens with one attached hydrogen (secondary N) is 1. The summed E-state index contributed by atoms with van der Waals surface area (Å²) >= 11 is 1.19. The molecule has 2 amide bonds. The van der Waals surface area contributed by atoms with E-state index in [9.17, 15) is 14.0 Å². The van der Waals surface area contributed by atoms with Crippen LogP contribution in [-0.4, -0.2) is 33.5 Å². The second kappa shape index (κ2) is 8.56. The van der Waals surface area contributed by atoms with Gasteiger partial charge in [-0.05, 0) is 43.9 Å². The van der Waals surface area contributed by atoms with Gasteiger partial charge in [0.25, 0.3) is 5.91 Å². The molecule has 2 heterocycles. The van der Waals surface area contributed by atoms with Gasteiger partial charge in [0, 0.05) is 18.2 Å². The number of carbonyl (C=O) groups excluding carboxylic acids is 2. The summed E-state index contributed by atoms with van der Waals surface area (Å²) in [6, 6.07) is 5.56. The van der Waals surface area contributed by atoms with Crippen molar-refractivity contribution < 1.29 is 14.0 Å². The molecule has 0 unspecified atom stereocenters. The summed E-state index contributed by atoms with van der Waals surface area (Å²) in [4.78, 5) is 27.0. The third-order valence-electron chi connectivity index (χ3n) is 4.87. The molecule has 0 spiro atoms. The summed E-state index contributed by atoms with van der Waals surface area (Å²) in [5.74, 6) is -0.676. The average molecular weight is 390 g/mol. The molecular weight excluding hydrogens is 367 g/mol. The number of halogens is 1. The first-order valence-corrected chi connectivity index (χ1v) is 10.1. The molecule has 1 aliphatic heterocycles. The summed E-state index contributed by atoms with van der Waals surface area (Å²) in [6.07, 6.45) is 3.37. The van der Waals surface area contributed by atoms with Crippen LogP contribution in [0.25, 0.3) is 0 Å². The molecule has 8 heteroatoms. The van der Waals surface area contributed by atoms with Crippen LogP contribution < -0.4 is 5.32 Å². The fraction of sp³-hybridized carbons (Fsp3) is 0.474. The highest BCUT2D eigenvalue weighted by Crippen LogP contribution is 2.35. The first kappa shape index (κ1) is 19.4. The summed E-state index contributed by atoms with van der Waals surface area (Å²) in [5.41, 5.74) is 0.364. The Balaban J connectivity index is 1.72. The quantitative estimate of drug-likeness (QED) is 0.808. The van der Waals surface area contributed by atoms with Gasteiger partial charge < -0.3 is 10.2 Å². The van der Waals surface area contributed by atoms with E-state index in [0.717, 1.165) is 25.7 Å². The third-order valence-corrected chi connectivity index (χ3v) is 5.90. The second-order valence-electron chi connectivity index (χ2n) is 6.61. The van der Waals surface area contributed by atoms with Crippen molar-refractivity contribution in [3.8, 4) is 0 Å². The molecule has 0 aliphatic carbocycles. The van der Waals surface area contributed by atoms with E-state index in [1.54, 1.807) is 6.07 Å². The van der Waals surface area contributed by atoms with Crippen LogP contribution in [0, 0.1) is 11.7 Å². The molecule has 1 aromatic heterocycles. The number of amides is 2. The van der Waals surface area contributed by atoms with Crippen LogP contribution in [0.1, 0.15) is 60.4 Å². The highest BCUT2D eigenvalue weighted by atomic mass is 32.1. The Bertz CT molecular complexity index is 822. The SMILES string of the molecule is CCC(CC)C(=O)N1CCC[C@@H]1c1nnc(C(=O)Nc2cccc(F)c2)s1. The molecule has 1 aliphatic rings. The van der Waals surface area contributed by atoms with Gasteiger partial charge in [-0.3, -0.25) is 9.59 Å². The van der Waals surface area contributed by atoms with Crippen molar-refractivity contribution in [2.24, 2.45) is 5.92 Å². The van der Waals surface area contributed by atoms with Gasteiger partial charge in [-0.15, -0.1) is 10.2 Å². The number of hydrogen-bond donors (Lipinski definition) is 1. The van der Waals surface area contributed by atoms with Crippen LogP contribution >= 0.6 is 11.3 Å². The predicted molar refractivity (Wildman–Crippen MR) is 102 cm³/mol. The molecule has 1 aromatic carbocycles. The van der Waals surface area contributed by atoms with Crippen LogP contribution in [0.4, 0.5) is 10.1 Å². The number of nitrogens with zero attached hydrogens (tertiary/aromatic N) is 3. The Morgan fingerprint density at radius 2 is 2.11 bits per heavy atom. The molecule has 1 saturated heterocycles. The Labute approximate surface area is 161 Å². The highest BCUT2D eigenvalue weighted by molar-refractivity contribution is 7.13. The van der Waals surface area contributed by atoms with E-state index in [4.69, 9.17) is 0 Å². The second-order valence-corrected chi connectivity index (χ2v) is 7.62. The number of anilines is 1. The van der Waals surface area contributed by atoms with E-state index in [2.05, 4.69) is 15.5 Å². The van der Waals surface area contributed by atoms with Gasteiger partial charge in [-0.25, -0.2) is 4.39 Å². The van der Waals surface area contributed by atoms with Gasteiger partial charge >= 0.3 is 0 Å². The van der Waals surface area contributed by atoms with Gasteiger partial charge in [0.2, 0.25) is 10.9 Å². The van der Waals surface area contributed by atoms with Crippen molar-refractivity contribution >= 4 is 28.8 Å². The van der Waals surface area contributed by atoms with E-state index in [1.807, 2.05) is 18.7 Å². The molecule has 3 rings (SSSR count). The van der Waals surface area contributed by atoms with Crippen molar-refractivity contribution in [3.63, 3.8) is 0 Å². The van der Waals surface area contributed by atoms with Crippen molar-refractivity contribution in [2.45, 2.75) is 45.6 Å². The minimum atomic E-state index is -0.430. The molecule has 27 heavy (non-hydrogen) atoms. The first-order chi connectivity index (χ1) is 13.0. The number of hydrogen-bond acceptors (Lipinski definition) is 5. The Hall–Kier alpha value is -2.35. The monoisotopic (exact) mass is 390 g/mol. The van der Waals surface area contributed by atoms with Crippen LogP contribution in [0.2, 0.25) is 0 Å². The Morgan fingerprint density at radius 1 is 1.33 bits per heavy atom. The minimum absolute atomic E-state index is 0.0225. The number of rotatable bonds is 6. The zero-order chi connectivity index (χ0) is 19.4. The maximum Gasteiger partial charge on any atom is 0.286 e. The molecule has 1 fully saturated rings. The summed E-state index contributed by atoms with van der Waals surface area (Å²) in [6.45, 7) is 4.76. The number of aromatic nitrogens is 2.